The lowest BCUT2D eigenvalue weighted by molar-refractivity contribution is 0.0592. The molecule has 6 nitrogen and oxygen atoms in total. The molecule has 0 spiro atoms. The largest absolute Gasteiger partial charge is 0.464 e. The summed E-state index contributed by atoms with van der Waals surface area (Å²) < 4.78 is 4.35. The molecule has 0 saturated heterocycles. The van der Waals surface area contributed by atoms with Crippen molar-refractivity contribution in [1.29, 1.82) is 0 Å². The number of carbonyl (C=O) groups excluding carboxylic acids is 1. The van der Waals surface area contributed by atoms with Gasteiger partial charge < -0.3 is 10.2 Å². The molecule has 0 atom stereocenters. The molecule has 0 fully saturated rings. The number of rotatable bonds is 1. The maximum Gasteiger partial charge on any atom is 0.358 e. The van der Waals surface area contributed by atoms with Gasteiger partial charge in [-0.05, 0) is 6.07 Å². The second-order valence-electron chi connectivity index (χ2n) is 1.80. The van der Waals surface area contributed by atoms with Gasteiger partial charge in [-0.25, -0.2) is 9.89 Å². The van der Waals surface area contributed by atoms with E-state index >= 15 is 0 Å². The molecule has 12 heavy (non-hydrogen) atoms. The maximum atomic E-state index is 10.7. The van der Waals surface area contributed by atoms with Gasteiger partial charge in [0.1, 0.15) is 0 Å². The predicted octanol–water partition coefficient (Wildman–Crippen LogP) is -1.27. The van der Waals surface area contributed by atoms with Crippen molar-refractivity contribution in [2.24, 2.45) is 0 Å². The number of methoxy groups -OCH3 is 1. The van der Waals surface area contributed by atoms with E-state index in [1.807, 2.05) is 0 Å². The minimum absolute atomic E-state index is 0. The molecule has 0 aliphatic heterocycles. The standard InChI is InChI=1S/C6H6N2O3.H2O/c1-11-6(10)4-2-3-5(9)8-7-4;/h2-3H,1H3,(H,8,9);1H2. The molecular weight excluding hydrogens is 164 g/mol. The number of aromatic amines is 1. The fraction of sp³-hybridized carbons (Fsp3) is 0.167. The number of carbonyl (C=O) groups is 1. The van der Waals surface area contributed by atoms with E-state index < -0.39 is 5.97 Å². The van der Waals surface area contributed by atoms with Crippen LogP contribution in [0.3, 0.4) is 0 Å². The SMILES string of the molecule is COC(=O)c1ccc(=O)[nH]n1.O. The van der Waals surface area contributed by atoms with E-state index in [-0.39, 0.29) is 16.7 Å². The van der Waals surface area contributed by atoms with Crippen molar-refractivity contribution < 1.29 is 15.0 Å². The van der Waals surface area contributed by atoms with Crippen LogP contribution in [0.4, 0.5) is 0 Å². The monoisotopic (exact) mass is 172 g/mol. The van der Waals surface area contributed by atoms with Gasteiger partial charge in [0.15, 0.2) is 5.69 Å². The van der Waals surface area contributed by atoms with Crippen molar-refractivity contribution in [3.8, 4) is 0 Å². The summed E-state index contributed by atoms with van der Waals surface area (Å²) in [5, 5.41) is 5.55. The Morgan fingerprint density at radius 2 is 2.25 bits per heavy atom. The van der Waals surface area contributed by atoms with Gasteiger partial charge in [0.2, 0.25) is 0 Å². The Balaban J connectivity index is 0.00000121. The number of nitrogens with zero attached hydrogens (tertiary/aromatic N) is 1. The zero-order valence-electron chi connectivity index (χ0n) is 6.33. The number of hydrogen-bond acceptors (Lipinski definition) is 4. The van der Waals surface area contributed by atoms with Crippen molar-refractivity contribution in [2.45, 2.75) is 0 Å². The molecule has 0 unspecified atom stereocenters. The molecule has 6 heteroatoms. The van der Waals surface area contributed by atoms with Gasteiger partial charge in [0.25, 0.3) is 5.56 Å². The first-order valence-electron chi connectivity index (χ1n) is 2.88. The van der Waals surface area contributed by atoms with E-state index in [4.69, 9.17) is 0 Å². The summed E-state index contributed by atoms with van der Waals surface area (Å²) in [5.41, 5.74) is -0.259. The van der Waals surface area contributed by atoms with Gasteiger partial charge >= 0.3 is 5.97 Å². The summed E-state index contributed by atoms with van der Waals surface area (Å²) in [7, 11) is 1.25. The minimum atomic E-state index is -0.568. The van der Waals surface area contributed by atoms with Crippen molar-refractivity contribution >= 4 is 5.97 Å². The average Bonchev–Trinajstić information content (AvgIpc) is 2.05. The Morgan fingerprint density at radius 3 is 2.67 bits per heavy atom. The van der Waals surface area contributed by atoms with Gasteiger partial charge in [-0.1, -0.05) is 0 Å². The Hall–Kier alpha value is -1.69. The lowest BCUT2D eigenvalue weighted by Gasteiger charge is -1.94. The quantitative estimate of drug-likeness (QED) is 0.533. The van der Waals surface area contributed by atoms with Crippen LogP contribution in [-0.4, -0.2) is 28.8 Å². The molecule has 1 heterocycles. The van der Waals surface area contributed by atoms with Crippen LogP contribution in [0.5, 0.6) is 0 Å². The van der Waals surface area contributed by atoms with Crippen LogP contribution in [0.1, 0.15) is 10.5 Å². The van der Waals surface area contributed by atoms with E-state index in [0.29, 0.717) is 0 Å². The number of nitrogens with one attached hydrogen (secondary N) is 1. The summed E-state index contributed by atoms with van der Waals surface area (Å²) in [6.45, 7) is 0. The van der Waals surface area contributed by atoms with Gasteiger partial charge in [0, 0.05) is 6.07 Å². The van der Waals surface area contributed by atoms with E-state index in [2.05, 4.69) is 14.9 Å². The van der Waals surface area contributed by atoms with Gasteiger partial charge in [-0.2, -0.15) is 5.10 Å². The minimum Gasteiger partial charge on any atom is -0.464 e. The molecule has 0 aliphatic carbocycles. The summed E-state index contributed by atoms with van der Waals surface area (Å²) >= 11 is 0. The van der Waals surface area contributed by atoms with Crippen LogP contribution in [0.25, 0.3) is 0 Å². The van der Waals surface area contributed by atoms with E-state index in [0.717, 1.165) is 0 Å². The second kappa shape index (κ2) is 4.24. The third kappa shape index (κ3) is 2.17. The zero-order chi connectivity index (χ0) is 8.27. The highest BCUT2D eigenvalue weighted by atomic mass is 16.5. The Morgan fingerprint density at radius 1 is 1.58 bits per heavy atom. The molecular formula is C6H8N2O4. The van der Waals surface area contributed by atoms with Gasteiger partial charge in [-0.15, -0.1) is 0 Å². The third-order valence-corrected chi connectivity index (χ3v) is 1.07. The summed E-state index contributed by atoms with van der Waals surface area (Å²) in [5.74, 6) is -0.568. The first kappa shape index (κ1) is 10.3. The topological polar surface area (TPSA) is 104 Å². The number of esters is 1. The number of ether oxygens (including phenoxy) is 1. The van der Waals surface area contributed by atoms with E-state index in [9.17, 15) is 9.59 Å². The van der Waals surface area contributed by atoms with Crippen molar-refractivity contribution in [1.82, 2.24) is 10.2 Å². The van der Waals surface area contributed by atoms with Crippen molar-refractivity contribution in [3.05, 3.63) is 28.2 Å². The summed E-state index contributed by atoms with van der Waals surface area (Å²) in [6, 6.07) is 2.50. The van der Waals surface area contributed by atoms with Crippen LogP contribution in [-0.2, 0) is 4.74 Å². The first-order valence-corrected chi connectivity index (χ1v) is 2.88. The molecule has 0 aromatic carbocycles. The average molecular weight is 172 g/mol. The number of aromatic nitrogens is 2. The van der Waals surface area contributed by atoms with Crippen molar-refractivity contribution in [3.63, 3.8) is 0 Å². The molecule has 1 aromatic rings. The zero-order valence-corrected chi connectivity index (χ0v) is 6.33. The van der Waals surface area contributed by atoms with Crippen LogP contribution in [0.15, 0.2) is 16.9 Å². The second-order valence-corrected chi connectivity index (χ2v) is 1.80. The van der Waals surface area contributed by atoms with Crippen LogP contribution < -0.4 is 5.56 Å². The summed E-state index contributed by atoms with van der Waals surface area (Å²) in [6.07, 6.45) is 0. The predicted molar refractivity (Wildman–Crippen MR) is 39.8 cm³/mol. The first-order chi connectivity index (χ1) is 5.24. The summed E-state index contributed by atoms with van der Waals surface area (Å²) in [4.78, 5) is 21.2. The third-order valence-electron chi connectivity index (χ3n) is 1.07. The Bertz CT molecular complexity index is 299. The smallest absolute Gasteiger partial charge is 0.358 e. The lowest BCUT2D eigenvalue weighted by atomic mass is 10.4. The molecule has 0 bridgehead atoms. The van der Waals surface area contributed by atoms with Crippen LogP contribution >= 0.6 is 0 Å². The molecule has 3 N–H and O–H groups in total. The highest BCUT2D eigenvalue weighted by Crippen LogP contribution is 1.89. The molecule has 0 radical (unpaired) electrons. The molecule has 0 aliphatic rings. The Labute approximate surface area is 67.5 Å². The van der Waals surface area contributed by atoms with E-state index in [1.54, 1.807) is 0 Å². The Kier molecular flexibility index (Phi) is 3.65. The van der Waals surface area contributed by atoms with Gasteiger partial charge in [0.05, 0.1) is 7.11 Å². The van der Waals surface area contributed by atoms with Crippen LogP contribution in [0.2, 0.25) is 0 Å². The molecule has 0 amide bonds. The normalized spacial score (nSPS) is 8.42. The fourth-order valence-corrected chi connectivity index (χ4v) is 0.563. The molecule has 1 rings (SSSR count). The molecule has 66 valence electrons. The highest BCUT2D eigenvalue weighted by Gasteiger charge is 2.04. The fourth-order valence-electron chi connectivity index (χ4n) is 0.563. The molecule has 1 aromatic heterocycles. The van der Waals surface area contributed by atoms with E-state index in [1.165, 1.54) is 19.2 Å². The van der Waals surface area contributed by atoms with Gasteiger partial charge in [-0.3, -0.25) is 4.79 Å². The lowest BCUT2D eigenvalue weighted by Crippen LogP contribution is -2.12. The number of hydrogen-bond donors (Lipinski definition) is 1. The van der Waals surface area contributed by atoms with Crippen LogP contribution in [0, 0.1) is 0 Å². The number of H-pyrrole nitrogens is 1. The highest BCUT2D eigenvalue weighted by molar-refractivity contribution is 5.86. The van der Waals surface area contributed by atoms with Crippen molar-refractivity contribution in [2.75, 3.05) is 7.11 Å². The maximum absolute atomic E-state index is 10.7. The molecule has 0 saturated carbocycles.